The highest BCUT2D eigenvalue weighted by Crippen LogP contribution is 2.34. The van der Waals surface area contributed by atoms with Crippen molar-refractivity contribution in [1.82, 2.24) is 14.9 Å². The van der Waals surface area contributed by atoms with Gasteiger partial charge in [0.05, 0.1) is 12.4 Å². The van der Waals surface area contributed by atoms with Crippen LogP contribution < -0.4 is 4.90 Å². The molecule has 0 unspecified atom stereocenters. The van der Waals surface area contributed by atoms with Gasteiger partial charge in [0.2, 0.25) is 5.82 Å². The lowest BCUT2D eigenvalue weighted by Crippen LogP contribution is -2.44. The van der Waals surface area contributed by atoms with Crippen molar-refractivity contribution in [2.45, 2.75) is 52.1 Å². The third-order valence-electron chi connectivity index (χ3n) is 5.45. The second-order valence-corrected chi connectivity index (χ2v) is 8.48. The monoisotopic (exact) mass is 371 g/mol. The third-order valence-corrected chi connectivity index (χ3v) is 5.45. The first-order valence-electron chi connectivity index (χ1n) is 9.78. The van der Waals surface area contributed by atoms with E-state index in [9.17, 15) is 4.79 Å². The number of anilines is 1. The number of nitrogens with zero attached hydrogens (tertiary/aromatic N) is 5. The van der Waals surface area contributed by atoms with Crippen LogP contribution in [-0.2, 0) is 4.74 Å². The SMILES string of the molecule is [C-]#[N+]c1cncc(N2CCC(C3CCN(C(=O)OC(C)(C)C)CC3)CC2)n1. The van der Waals surface area contributed by atoms with Crippen molar-refractivity contribution >= 4 is 17.7 Å². The number of amides is 1. The van der Waals surface area contributed by atoms with E-state index >= 15 is 0 Å². The van der Waals surface area contributed by atoms with Gasteiger partial charge in [0.1, 0.15) is 5.60 Å². The first-order chi connectivity index (χ1) is 12.9. The number of carbonyl (C=O) groups excluding carboxylic acids is 1. The van der Waals surface area contributed by atoms with Gasteiger partial charge in [0.25, 0.3) is 5.82 Å². The summed E-state index contributed by atoms with van der Waals surface area (Å²) in [5, 5.41) is 0. The molecule has 0 atom stereocenters. The zero-order valence-corrected chi connectivity index (χ0v) is 16.5. The van der Waals surface area contributed by atoms with Crippen LogP contribution >= 0.6 is 0 Å². The largest absolute Gasteiger partial charge is 0.444 e. The topological polar surface area (TPSA) is 62.9 Å². The van der Waals surface area contributed by atoms with Crippen LogP contribution in [0.25, 0.3) is 4.85 Å². The molecule has 0 spiro atoms. The Labute approximate surface area is 161 Å². The lowest BCUT2D eigenvalue weighted by Gasteiger charge is -2.40. The van der Waals surface area contributed by atoms with Crippen LogP contribution in [0.5, 0.6) is 0 Å². The van der Waals surface area contributed by atoms with E-state index < -0.39 is 5.60 Å². The molecule has 3 rings (SSSR count). The maximum absolute atomic E-state index is 12.2. The molecular weight excluding hydrogens is 342 g/mol. The fourth-order valence-electron chi connectivity index (χ4n) is 4.03. The minimum absolute atomic E-state index is 0.186. The number of hydrogen-bond acceptors (Lipinski definition) is 5. The molecule has 7 nitrogen and oxygen atoms in total. The second-order valence-electron chi connectivity index (χ2n) is 8.48. The number of ether oxygens (including phenoxy) is 1. The second kappa shape index (κ2) is 8.12. The molecule has 3 heterocycles. The Morgan fingerprint density at radius 3 is 2.26 bits per heavy atom. The smallest absolute Gasteiger partial charge is 0.410 e. The molecule has 0 radical (unpaired) electrons. The van der Waals surface area contributed by atoms with E-state index in [2.05, 4.69) is 19.7 Å². The van der Waals surface area contributed by atoms with Gasteiger partial charge in [-0.2, -0.15) is 0 Å². The summed E-state index contributed by atoms with van der Waals surface area (Å²) < 4.78 is 5.49. The Balaban J connectivity index is 1.47. The van der Waals surface area contributed by atoms with Crippen molar-refractivity contribution in [3.63, 3.8) is 0 Å². The molecule has 0 saturated carbocycles. The van der Waals surface area contributed by atoms with Crippen molar-refractivity contribution < 1.29 is 9.53 Å². The molecule has 2 aliphatic rings. The molecule has 1 aromatic heterocycles. The molecule has 7 heteroatoms. The van der Waals surface area contributed by atoms with E-state index in [1.165, 1.54) is 6.20 Å². The van der Waals surface area contributed by atoms with Gasteiger partial charge in [-0.15, -0.1) is 0 Å². The third kappa shape index (κ3) is 5.09. The maximum atomic E-state index is 12.2. The molecule has 1 aromatic rings. The predicted octanol–water partition coefficient (Wildman–Crippen LogP) is 3.89. The molecule has 146 valence electrons. The molecular formula is C20H29N5O2. The summed E-state index contributed by atoms with van der Waals surface area (Å²) in [7, 11) is 0. The maximum Gasteiger partial charge on any atom is 0.410 e. The van der Waals surface area contributed by atoms with Gasteiger partial charge in [-0.05, 0) is 58.3 Å². The summed E-state index contributed by atoms with van der Waals surface area (Å²) >= 11 is 0. The Hall–Kier alpha value is -2.36. The van der Waals surface area contributed by atoms with Crippen molar-refractivity contribution in [3.8, 4) is 0 Å². The lowest BCUT2D eigenvalue weighted by molar-refractivity contribution is 0.0152. The molecule has 0 bridgehead atoms. The van der Waals surface area contributed by atoms with Crippen molar-refractivity contribution in [2.75, 3.05) is 31.1 Å². The average molecular weight is 371 g/mol. The number of carbonyl (C=O) groups is 1. The number of aromatic nitrogens is 2. The van der Waals surface area contributed by atoms with Gasteiger partial charge in [-0.1, -0.05) is 11.6 Å². The van der Waals surface area contributed by atoms with Crippen LogP contribution in [0.3, 0.4) is 0 Å². The number of likely N-dealkylation sites (tertiary alicyclic amines) is 1. The summed E-state index contributed by atoms with van der Waals surface area (Å²) in [4.78, 5) is 28.1. The summed E-state index contributed by atoms with van der Waals surface area (Å²) in [5.41, 5.74) is -0.436. The van der Waals surface area contributed by atoms with E-state index in [1.54, 1.807) is 6.20 Å². The zero-order valence-electron chi connectivity index (χ0n) is 16.5. The van der Waals surface area contributed by atoms with Gasteiger partial charge < -0.3 is 19.4 Å². The Bertz CT molecular complexity index is 693. The molecule has 27 heavy (non-hydrogen) atoms. The molecule has 2 aliphatic heterocycles. The standard InChI is InChI=1S/C20H29N5O2/c1-20(2,3)27-19(26)25-11-7-16(8-12-25)15-5-9-24(10-6-15)18-14-22-13-17(21-4)23-18/h13-16H,5-12H2,1-3H3. The minimum atomic E-state index is -0.436. The molecule has 0 N–H and O–H groups in total. The van der Waals surface area contributed by atoms with Crippen LogP contribution in [0.15, 0.2) is 12.4 Å². The highest BCUT2D eigenvalue weighted by Gasteiger charge is 2.33. The van der Waals surface area contributed by atoms with Gasteiger partial charge in [-0.25, -0.2) is 4.79 Å². The molecule has 1 amide bonds. The van der Waals surface area contributed by atoms with Gasteiger partial charge in [0.15, 0.2) is 0 Å². The number of hydrogen-bond donors (Lipinski definition) is 0. The number of piperidine rings is 2. The first kappa shape index (κ1) is 19.4. The predicted molar refractivity (Wildman–Crippen MR) is 104 cm³/mol. The van der Waals surface area contributed by atoms with Crippen LogP contribution in [-0.4, -0.2) is 52.7 Å². The van der Waals surface area contributed by atoms with Crippen LogP contribution in [0.4, 0.5) is 16.4 Å². The van der Waals surface area contributed by atoms with Crippen molar-refractivity contribution in [3.05, 3.63) is 23.8 Å². The Morgan fingerprint density at radius 1 is 1.11 bits per heavy atom. The van der Waals surface area contributed by atoms with Gasteiger partial charge >= 0.3 is 6.09 Å². The minimum Gasteiger partial charge on any atom is -0.444 e. The van der Waals surface area contributed by atoms with Gasteiger partial charge in [0, 0.05) is 26.2 Å². The Kier molecular flexibility index (Phi) is 5.83. The first-order valence-corrected chi connectivity index (χ1v) is 9.78. The molecule has 2 fully saturated rings. The quantitative estimate of drug-likeness (QED) is 0.738. The summed E-state index contributed by atoms with van der Waals surface area (Å²) in [5.74, 6) is 2.52. The fraction of sp³-hybridized carbons (Fsp3) is 0.700. The molecule has 2 saturated heterocycles. The molecule has 0 aromatic carbocycles. The van der Waals surface area contributed by atoms with E-state index in [1.807, 2.05) is 25.7 Å². The summed E-state index contributed by atoms with van der Waals surface area (Å²) in [6, 6.07) is 0. The number of rotatable bonds is 2. The zero-order chi connectivity index (χ0) is 19.4. The summed E-state index contributed by atoms with van der Waals surface area (Å²) in [6.07, 6.45) is 7.42. The normalized spacial score (nSPS) is 19.6. The van der Waals surface area contributed by atoms with Crippen LogP contribution in [0.1, 0.15) is 46.5 Å². The average Bonchev–Trinajstić information content (AvgIpc) is 2.67. The highest BCUT2D eigenvalue weighted by molar-refractivity contribution is 5.68. The lowest BCUT2D eigenvalue weighted by atomic mass is 9.79. The van der Waals surface area contributed by atoms with Crippen molar-refractivity contribution in [2.24, 2.45) is 11.8 Å². The van der Waals surface area contributed by atoms with E-state index in [4.69, 9.17) is 11.3 Å². The summed E-state index contributed by atoms with van der Waals surface area (Å²) in [6.45, 7) is 16.3. The van der Waals surface area contributed by atoms with Crippen LogP contribution in [0.2, 0.25) is 0 Å². The molecule has 0 aliphatic carbocycles. The fourth-order valence-corrected chi connectivity index (χ4v) is 4.03. The van der Waals surface area contributed by atoms with E-state index in [0.717, 1.165) is 57.7 Å². The highest BCUT2D eigenvalue weighted by atomic mass is 16.6. The van der Waals surface area contributed by atoms with E-state index in [-0.39, 0.29) is 6.09 Å². The van der Waals surface area contributed by atoms with Crippen LogP contribution in [0, 0.1) is 18.4 Å². The van der Waals surface area contributed by atoms with E-state index in [0.29, 0.717) is 17.7 Å². The Morgan fingerprint density at radius 2 is 1.70 bits per heavy atom. The van der Waals surface area contributed by atoms with Crippen molar-refractivity contribution in [1.29, 1.82) is 0 Å². The van der Waals surface area contributed by atoms with Gasteiger partial charge in [-0.3, -0.25) is 4.98 Å².